The van der Waals surface area contributed by atoms with E-state index in [0.717, 1.165) is 50.1 Å². The molecule has 0 spiro atoms. The Morgan fingerprint density at radius 2 is 1.08 bits per heavy atom. The van der Waals surface area contributed by atoms with Gasteiger partial charge in [-0.15, -0.1) is 23.2 Å². The van der Waals surface area contributed by atoms with Crippen molar-refractivity contribution < 1.29 is 0 Å². The van der Waals surface area contributed by atoms with Gasteiger partial charge >= 0.3 is 0 Å². The third-order valence-corrected chi connectivity index (χ3v) is 18.4. The molecule has 0 bridgehead atoms. The first kappa shape index (κ1) is 37.6. The van der Waals surface area contributed by atoms with Crippen molar-refractivity contribution in [3.8, 4) is 0 Å². The van der Waals surface area contributed by atoms with Crippen LogP contribution in [0.4, 0.5) is 11.4 Å². The lowest BCUT2D eigenvalue weighted by atomic mass is 9.72. The molecule has 0 N–H and O–H groups in total. The number of anilines is 2. The lowest BCUT2D eigenvalue weighted by Crippen LogP contribution is -2.60. The fourth-order valence-electron chi connectivity index (χ4n) is 11.7. The number of rotatable bonds is 8. The van der Waals surface area contributed by atoms with E-state index in [1.54, 1.807) is 0 Å². The summed E-state index contributed by atoms with van der Waals surface area (Å²) in [4.78, 5) is 5.72. The van der Waals surface area contributed by atoms with Crippen molar-refractivity contribution in [1.82, 2.24) is 0 Å². The summed E-state index contributed by atoms with van der Waals surface area (Å²) in [6, 6.07) is 21.3. The van der Waals surface area contributed by atoms with Crippen LogP contribution in [0.3, 0.4) is 0 Å². The topological polar surface area (TPSA) is 6.48 Å². The third kappa shape index (κ3) is 7.64. The number of hydrogen-bond acceptors (Lipinski definition) is 2. The van der Waals surface area contributed by atoms with E-state index in [-0.39, 0.29) is 19.2 Å². The van der Waals surface area contributed by atoms with Crippen molar-refractivity contribution in [2.75, 3.05) is 22.9 Å². The minimum Gasteiger partial charge on any atom is -0.349 e. The molecule has 0 radical (unpaired) electrons. The van der Waals surface area contributed by atoms with E-state index < -0.39 is 4.33 Å². The minimum atomic E-state index is -0.723. The van der Waals surface area contributed by atoms with Crippen LogP contribution in [0.25, 0.3) is 0 Å². The summed E-state index contributed by atoms with van der Waals surface area (Å²) in [5, 5.41) is 0.151. The summed E-state index contributed by atoms with van der Waals surface area (Å²) < 4.78 is -0.723. The van der Waals surface area contributed by atoms with Crippen molar-refractivity contribution in [1.29, 1.82) is 0 Å². The molecule has 1 heterocycles. The van der Waals surface area contributed by atoms with Crippen molar-refractivity contribution in [2.24, 2.45) is 5.92 Å². The fraction of sp³-hybridized carbons (Fsp3) is 0.609. The summed E-state index contributed by atoms with van der Waals surface area (Å²) >= 11 is 15.1. The van der Waals surface area contributed by atoms with Crippen molar-refractivity contribution in [3.63, 3.8) is 0 Å². The van der Waals surface area contributed by atoms with Crippen LogP contribution in [0.15, 0.2) is 54.6 Å². The molecule has 276 valence electrons. The maximum absolute atomic E-state index is 7.54. The Morgan fingerprint density at radius 3 is 1.53 bits per heavy atom. The molecule has 2 atom stereocenters. The van der Waals surface area contributed by atoms with Crippen LogP contribution >= 0.6 is 31.1 Å². The highest BCUT2D eigenvalue weighted by Crippen LogP contribution is 2.72. The lowest BCUT2D eigenvalue weighted by Gasteiger charge is -2.60. The van der Waals surface area contributed by atoms with Crippen LogP contribution < -0.4 is 9.80 Å². The van der Waals surface area contributed by atoms with E-state index in [1.165, 1.54) is 115 Å². The van der Waals surface area contributed by atoms with E-state index in [2.05, 4.69) is 106 Å². The summed E-state index contributed by atoms with van der Waals surface area (Å²) in [7, 11) is -0.307. The molecule has 3 aromatic rings. The second-order valence-corrected chi connectivity index (χ2v) is 22.0. The number of alkyl halides is 2. The standard InChI is InChI=1S/C46H63Cl2N2P/c1-32-26-34(3)42(35(4)27-32)49-24-25-50(43-36(5)28-33(2)29-37(43)6)44(49)41-31-46(47,48)23-22-45(41,30-38-16-10-7-11-17-38)51(39-18-12-8-13-19-39)40-20-14-9-15-21-40/h7,10-11,16-17,26-29,39-41,44H,8-9,12-15,18-25,30-31H2,1-6H3. The molecule has 4 fully saturated rings. The average Bonchev–Trinajstić information content (AvgIpc) is 3.50. The number of nitrogens with zero attached hydrogens (tertiary/aromatic N) is 2. The van der Waals surface area contributed by atoms with E-state index >= 15 is 0 Å². The van der Waals surface area contributed by atoms with Crippen LogP contribution in [0.1, 0.15) is 122 Å². The van der Waals surface area contributed by atoms with Gasteiger partial charge in [0.25, 0.3) is 0 Å². The largest absolute Gasteiger partial charge is 0.349 e. The zero-order valence-electron chi connectivity index (χ0n) is 32.4. The molecule has 4 aliphatic rings. The number of halogens is 2. The Bertz CT molecular complexity index is 1530. The van der Waals surface area contributed by atoms with Crippen LogP contribution in [-0.4, -0.2) is 40.1 Å². The molecule has 2 nitrogen and oxygen atoms in total. The molecule has 5 heteroatoms. The monoisotopic (exact) mass is 744 g/mol. The summed E-state index contributed by atoms with van der Waals surface area (Å²) in [5.74, 6) is 0.333. The first-order chi connectivity index (χ1) is 24.5. The first-order valence-electron chi connectivity index (χ1n) is 20.4. The molecule has 3 aliphatic carbocycles. The van der Waals surface area contributed by atoms with Gasteiger partial charge in [0.1, 0.15) is 10.5 Å². The van der Waals surface area contributed by atoms with E-state index in [1.807, 2.05) is 0 Å². The smallest absolute Gasteiger partial charge is 0.118 e. The molecule has 1 saturated heterocycles. The highest BCUT2D eigenvalue weighted by atomic mass is 35.5. The molecule has 1 aliphatic heterocycles. The van der Waals surface area contributed by atoms with Gasteiger partial charge in [-0.2, -0.15) is 0 Å². The molecule has 2 unspecified atom stereocenters. The van der Waals surface area contributed by atoms with Gasteiger partial charge < -0.3 is 9.80 Å². The van der Waals surface area contributed by atoms with Gasteiger partial charge in [-0.3, -0.25) is 0 Å². The van der Waals surface area contributed by atoms with Gasteiger partial charge in [-0.05, 0) is 132 Å². The van der Waals surface area contributed by atoms with Crippen molar-refractivity contribution >= 4 is 42.5 Å². The first-order valence-corrected chi connectivity index (χ1v) is 22.6. The second kappa shape index (κ2) is 15.6. The van der Waals surface area contributed by atoms with Crippen molar-refractivity contribution in [2.45, 2.75) is 158 Å². The fourth-order valence-corrected chi connectivity index (χ4v) is 17.5. The zero-order chi connectivity index (χ0) is 35.9. The Balaban J connectivity index is 1.48. The number of benzene rings is 3. The van der Waals surface area contributed by atoms with Gasteiger partial charge in [0, 0.05) is 35.5 Å². The maximum atomic E-state index is 7.54. The predicted octanol–water partition coefficient (Wildman–Crippen LogP) is 13.3. The quantitative estimate of drug-likeness (QED) is 0.167. The van der Waals surface area contributed by atoms with Crippen LogP contribution in [0, 0.1) is 47.5 Å². The van der Waals surface area contributed by atoms with Gasteiger partial charge in [0.2, 0.25) is 0 Å². The van der Waals surface area contributed by atoms with E-state index in [4.69, 9.17) is 23.2 Å². The predicted molar refractivity (Wildman–Crippen MR) is 225 cm³/mol. The number of hydrogen-bond donors (Lipinski definition) is 0. The molecule has 3 aromatic carbocycles. The van der Waals surface area contributed by atoms with E-state index in [0.29, 0.717) is 5.92 Å². The molecule has 7 rings (SSSR count). The van der Waals surface area contributed by atoms with Crippen molar-refractivity contribution in [3.05, 3.63) is 93.5 Å². The van der Waals surface area contributed by atoms with Gasteiger partial charge in [-0.25, -0.2) is 0 Å². The normalized spacial score (nSPS) is 25.2. The SMILES string of the molecule is Cc1cc(C)c(N2CCN(c3c(C)cc(C)cc3C)C2C2CC(Cl)(Cl)CCC2(Cc2ccccc2)P(C2CCCCC2)C2CCCCC2)c(C)c1. The second-order valence-electron chi connectivity index (χ2n) is 17.2. The molecular formula is C46H63Cl2N2P. The molecule has 0 amide bonds. The minimum absolute atomic E-state index is 0.151. The Kier molecular flexibility index (Phi) is 11.5. The molecule has 0 aromatic heterocycles. The molecule has 3 saturated carbocycles. The average molecular weight is 746 g/mol. The Morgan fingerprint density at radius 1 is 0.627 bits per heavy atom. The summed E-state index contributed by atoms with van der Waals surface area (Å²) in [6.45, 7) is 15.9. The highest BCUT2D eigenvalue weighted by molar-refractivity contribution is 7.61. The van der Waals surface area contributed by atoms with Gasteiger partial charge in [0.15, 0.2) is 0 Å². The third-order valence-electron chi connectivity index (χ3n) is 13.4. The van der Waals surface area contributed by atoms with Gasteiger partial charge in [-0.1, -0.05) is 112 Å². The Hall–Kier alpha value is -1.73. The van der Waals surface area contributed by atoms with E-state index in [9.17, 15) is 0 Å². The summed E-state index contributed by atoms with van der Waals surface area (Å²) in [6.07, 6.45) is 18.3. The summed E-state index contributed by atoms with van der Waals surface area (Å²) in [5.41, 5.74) is 14.3. The Labute approximate surface area is 321 Å². The zero-order valence-corrected chi connectivity index (χ0v) is 34.8. The highest BCUT2D eigenvalue weighted by Gasteiger charge is 2.60. The van der Waals surface area contributed by atoms with Gasteiger partial charge in [0.05, 0.1) is 0 Å². The van der Waals surface area contributed by atoms with Crippen LogP contribution in [-0.2, 0) is 6.42 Å². The molecule has 51 heavy (non-hydrogen) atoms. The maximum Gasteiger partial charge on any atom is 0.118 e. The molecular weight excluding hydrogens is 682 g/mol. The van der Waals surface area contributed by atoms with Crippen LogP contribution in [0.2, 0.25) is 0 Å². The lowest BCUT2D eigenvalue weighted by molar-refractivity contribution is 0.214. The van der Waals surface area contributed by atoms with Crippen LogP contribution in [0.5, 0.6) is 0 Å². The number of aryl methyl sites for hydroxylation is 6.